The Kier molecular flexibility index (Phi) is 4.29. The van der Waals surface area contributed by atoms with E-state index in [9.17, 15) is 0 Å². The molecule has 2 nitrogen and oxygen atoms in total. The maximum Gasteiger partial charge on any atom is 0.0608 e. The second-order valence-corrected chi connectivity index (χ2v) is 4.86. The Morgan fingerprint density at radius 3 is 2.94 bits per heavy atom. The predicted molar refractivity (Wildman–Crippen MR) is 73.4 cm³/mol. The monoisotopic (exact) mass is 246 g/mol. The fourth-order valence-corrected chi connectivity index (χ4v) is 2.73. The molecule has 0 saturated heterocycles. The number of hydrogen-bond donors (Lipinski definition) is 1. The Morgan fingerprint density at radius 1 is 1.41 bits per heavy atom. The Hall–Kier alpha value is -1.19. The number of aromatic nitrogens is 1. The second kappa shape index (κ2) is 5.94. The summed E-state index contributed by atoms with van der Waals surface area (Å²) in [7, 11) is 2.01. The van der Waals surface area contributed by atoms with Crippen LogP contribution in [-0.4, -0.2) is 12.0 Å². The first kappa shape index (κ1) is 12.3. The summed E-state index contributed by atoms with van der Waals surface area (Å²) < 4.78 is 0. The lowest BCUT2D eigenvalue weighted by atomic mass is 10.00. The lowest BCUT2D eigenvalue weighted by Crippen LogP contribution is -2.21. The van der Waals surface area contributed by atoms with E-state index in [-0.39, 0.29) is 0 Å². The van der Waals surface area contributed by atoms with Crippen molar-refractivity contribution in [1.29, 1.82) is 0 Å². The van der Waals surface area contributed by atoms with Crippen LogP contribution in [0.5, 0.6) is 0 Å². The number of hydrogen-bond acceptors (Lipinski definition) is 3. The highest BCUT2D eigenvalue weighted by Crippen LogP contribution is 2.21. The van der Waals surface area contributed by atoms with Crippen molar-refractivity contribution >= 4 is 11.3 Å². The zero-order valence-corrected chi connectivity index (χ0v) is 11.1. The molecule has 0 aliphatic carbocycles. The number of pyridine rings is 1. The van der Waals surface area contributed by atoms with Gasteiger partial charge in [0.1, 0.15) is 0 Å². The lowest BCUT2D eigenvalue weighted by Gasteiger charge is -2.17. The molecule has 90 valence electrons. The Balaban J connectivity index is 2.22. The summed E-state index contributed by atoms with van der Waals surface area (Å²) >= 11 is 1.75. The minimum atomic E-state index is 0.306. The first-order valence-corrected chi connectivity index (χ1v) is 6.91. The summed E-state index contributed by atoms with van der Waals surface area (Å²) in [6.45, 7) is 2.18. The van der Waals surface area contributed by atoms with Gasteiger partial charge in [-0.15, -0.1) is 0 Å². The van der Waals surface area contributed by atoms with Crippen molar-refractivity contribution in [3.05, 3.63) is 52.0 Å². The largest absolute Gasteiger partial charge is 0.311 e. The van der Waals surface area contributed by atoms with Gasteiger partial charge in [0.05, 0.1) is 11.7 Å². The van der Waals surface area contributed by atoms with Crippen LogP contribution in [0.4, 0.5) is 0 Å². The second-order valence-electron chi connectivity index (χ2n) is 4.08. The van der Waals surface area contributed by atoms with Gasteiger partial charge in [0.25, 0.3) is 0 Å². The quantitative estimate of drug-likeness (QED) is 0.876. The van der Waals surface area contributed by atoms with Gasteiger partial charge < -0.3 is 5.32 Å². The van der Waals surface area contributed by atoms with Crippen molar-refractivity contribution in [2.24, 2.45) is 0 Å². The molecule has 0 aliphatic rings. The van der Waals surface area contributed by atoms with E-state index in [0.29, 0.717) is 6.04 Å². The molecule has 2 rings (SSSR count). The summed E-state index contributed by atoms with van der Waals surface area (Å²) in [6.07, 6.45) is 3.92. The van der Waals surface area contributed by atoms with E-state index in [0.717, 1.165) is 12.8 Å². The van der Waals surface area contributed by atoms with E-state index >= 15 is 0 Å². The molecule has 0 amide bonds. The molecule has 0 aliphatic heterocycles. The summed E-state index contributed by atoms with van der Waals surface area (Å²) in [5.41, 5.74) is 3.90. The predicted octanol–water partition coefficient (Wildman–Crippen LogP) is 3.21. The van der Waals surface area contributed by atoms with Crippen molar-refractivity contribution in [2.75, 3.05) is 7.05 Å². The van der Waals surface area contributed by atoms with Crippen LogP contribution in [0.25, 0.3) is 0 Å². The Labute approximate surface area is 107 Å². The number of nitrogens with zero attached hydrogens (tertiary/aromatic N) is 1. The highest BCUT2D eigenvalue weighted by Gasteiger charge is 2.14. The molecule has 0 fully saturated rings. The molecule has 3 heteroatoms. The Morgan fingerprint density at radius 2 is 2.29 bits per heavy atom. The average Bonchev–Trinajstić information content (AvgIpc) is 2.89. The maximum atomic E-state index is 4.54. The van der Waals surface area contributed by atoms with Crippen LogP contribution >= 0.6 is 11.3 Å². The number of aryl methyl sites for hydroxylation is 1. The summed E-state index contributed by atoms with van der Waals surface area (Å²) in [5.74, 6) is 0. The van der Waals surface area contributed by atoms with E-state index in [1.807, 2.05) is 19.3 Å². The fourth-order valence-electron chi connectivity index (χ4n) is 2.04. The molecule has 2 heterocycles. The van der Waals surface area contributed by atoms with Crippen molar-refractivity contribution in [3.8, 4) is 0 Å². The maximum absolute atomic E-state index is 4.54. The normalized spacial score (nSPS) is 12.6. The SMILES string of the molecule is CCc1cccnc1C(Cc1ccsc1)NC. The molecule has 17 heavy (non-hydrogen) atoms. The molecular weight excluding hydrogens is 228 g/mol. The molecule has 0 radical (unpaired) electrons. The highest BCUT2D eigenvalue weighted by molar-refractivity contribution is 7.07. The van der Waals surface area contributed by atoms with Gasteiger partial charge in [-0.2, -0.15) is 11.3 Å². The zero-order chi connectivity index (χ0) is 12.1. The van der Waals surface area contributed by atoms with Gasteiger partial charge >= 0.3 is 0 Å². The van der Waals surface area contributed by atoms with Crippen LogP contribution in [0.1, 0.15) is 29.8 Å². The fraction of sp³-hybridized carbons (Fsp3) is 0.357. The summed E-state index contributed by atoms with van der Waals surface area (Å²) in [5, 5.41) is 7.71. The Bertz CT molecular complexity index is 451. The van der Waals surface area contributed by atoms with E-state index < -0.39 is 0 Å². The van der Waals surface area contributed by atoms with Crippen molar-refractivity contribution in [1.82, 2.24) is 10.3 Å². The molecule has 0 bridgehead atoms. The molecule has 2 aromatic rings. The van der Waals surface area contributed by atoms with Gasteiger partial charge in [-0.05, 0) is 53.9 Å². The smallest absolute Gasteiger partial charge is 0.0608 e. The van der Waals surface area contributed by atoms with Gasteiger partial charge in [0.15, 0.2) is 0 Å². The van der Waals surface area contributed by atoms with E-state index in [4.69, 9.17) is 0 Å². The zero-order valence-electron chi connectivity index (χ0n) is 10.3. The molecule has 1 unspecified atom stereocenters. The highest BCUT2D eigenvalue weighted by atomic mass is 32.1. The van der Waals surface area contributed by atoms with E-state index in [1.165, 1.54) is 16.8 Å². The summed E-state index contributed by atoms with van der Waals surface area (Å²) in [4.78, 5) is 4.54. The molecule has 1 atom stereocenters. The summed E-state index contributed by atoms with van der Waals surface area (Å²) in [6, 6.07) is 6.67. The first-order valence-electron chi connectivity index (χ1n) is 5.97. The topological polar surface area (TPSA) is 24.9 Å². The van der Waals surface area contributed by atoms with Crippen LogP contribution in [0, 0.1) is 0 Å². The van der Waals surface area contributed by atoms with Crippen LogP contribution in [0.3, 0.4) is 0 Å². The van der Waals surface area contributed by atoms with Gasteiger partial charge in [-0.1, -0.05) is 13.0 Å². The van der Waals surface area contributed by atoms with Gasteiger partial charge in [-0.25, -0.2) is 0 Å². The molecule has 1 N–H and O–H groups in total. The molecule has 0 saturated carbocycles. The third kappa shape index (κ3) is 2.93. The van der Waals surface area contributed by atoms with E-state index in [1.54, 1.807) is 11.3 Å². The molecule has 2 aromatic heterocycles. The van der Waals surface area contributed by atoms with Crippen LogP contribution < -0.4 is 5.32 Å². The first-order chi connectivity index (χ1) is 8.35. The molecule has 0 spiro atoms. The van der Waals surface area contributed by atoms with Crippen molar-refractivity contribution < 1.29 is 0 Å². The number of nitrogens with one attached hydrogen (secondary N) is 1. The van der Waals surface area contributed by atoms with Gasteiger partial charge in [0.2, 0.25) is 0 Å². The van der Waals surface area contributed by atoms with Gasteiger partial charge in [-0.3, -0.25) is 4.98 Å². The van der Waals surface area contributed by atoms with E-state index in [2.05, 4.69) is 40.1 Å². The minimum absolute atomic E-state index is 0.306. The van der Waals surface area contributed by atoms with Crippen molar-refractivity contribution in [2.45, 2.75) is 25.8 Å². The lowest BCUT2D eigenvalue weighted by molar-refractivity contribution is 0.571. The van der Waals surface area contributed by atoms with Crippen molar-refractivity contribution in [3.63, 3.8) is 0 Å². The average molecular weight is 246 g/mol. The van der Waals surface area contributed by atoms with Crippen LogP contribution in [-0.2, 0) is 12.8 Å². The van der Waals surface area contributed by atoms with Crippen LogP contribution in [0.15, 0.2) is 35.2 Å². The molecule has 0 aromatic carbocycles. The molecular formula is C14H18N2S. The third-order valence-electron chi connectivity index (χ3n) is 3.01. The van der Waals surface area contributed by atoms with Gasteiger partial charge in [0, 0.05) is 6.20 Å². The van der Waals surface area contributed by atoms with Crippen LogP contribution in [0.2, 0.25) is 0 Å². The number of thiophene rings is 1. The third-order valence-corrected chi connectivity index (χ3v) is 3.74. The minimum Gasteiger partial charge on any atom is -0.311 e. The number of likely N-dealkylation sites (N-methyl/N-ethyl adjacent to an activating group) is 1. The standard InChI is InChI=1S/C14H18N2S/c1-3-12-5-4-7-16-14(12)13(15-2)9-11-6-8-17-10-11/h4-8,10,13,15H,3,9H2,1-2H3. The number of rotatable bonds is 5.